The van der Waals surface area contributed by atoms with Crippen LogP contribution in [-0.4, -0.2) is 16.7 Å². The van der Waals surface area contributed by atoms with E-state index in [1.807, 2.05) is 24.3 Å². The maximum absolute atomic E-state index is 5.53. The lowest BCUT2D eigenvalue weighted by atomic mass is 10.3. The van der Waals surface area contributed by atoms with Gasteiger partial charge in [-0.15, -0.1) is 0 Å². The number of rotatable bonds is 4. The molecule has 84 valence electrons. The number of aryl methyl sites for hydroxylation is 1. The van der Waals surface area contributed by atoms with E-state index in [0.717, 1.165) is 10.2 Å². The Hall–Kier alpha value is -1.36. The maximum atomic E-state index is 5.53. The Morgan fingerprint density at radius 3 is 2.69 bits per heavy atom. The molecule has 0 saturated heterocycles. The smallest absolute Gasteiger partial charge is 0.223 e. The number of halogens is 1. The Morgan fingerprint density at radius 1 is 1.31 bits per heavy atom. The zero-order valence-electron chi connectivity index (χ0n) is 8.81. The van der Waals surface area contributed by atoms with Gasteiger partial charge in [0, 0.05) is 17.8 Å². The third-order valence-corrected chi connectivity index (χ3v) is 2.51. The molecule has 1 aromatic heterocycles. The van der Waals surface area contributed by atoms with E-state index in [2.05, 4.69) is 26.1 Å². The first-order valence-corrected chi connectivity index (χ1v) is 5.71. The average Bonchev–Trinajstić information content (AvgIpc) is 2.67. The van der Waals surface area contributed by atoms with Crippen LogP contribution in [0.2, 0.25) is 0 Å². The van der Waals surface area contributed by atoms with E-state index in [9.17, 15) is 0 Å². The highest BCUT2D eigenvalue weighted by atomic mass is 79.9. The van der Waals surface area contributed by atoms with Crippen molar-refractivity contribution >= 4 is 15.9 Å². The number of ether oxygens (including phenoxy) is 1. The van der Waals surface area contributed by atoms with Gasteiger partial charge in [0.05, 0.1) is 6.61 Å². The molecule has 5 heteroatoms. The molecule has 2 aromatic rings. The predicted molar refractivity (Wildman–Crippen MR) is 62.4 cm³/mol. The van der Waals surface area contributed by atoms with Gasteiger partial charge >= 0.3 is 0 Å². The van der Waals surface area contributed by atoms with Crippen molar-refractivity contribution in [3.63, 3.8) is 0 Å². The van der Waals surface area contributed by atoms with Crippen molar-refractivity contribution in [3.05, 3.63) is 40.5 Å². The molecular formula is C11H11BrN2O2. The van der Waals surface area contributed by atoms with Gasteiger partial charge in [0.1, 0.15) is 5.75 Å². The first kappa shape index (κ1) is 11.1. The van der Waals surface area contributed by atoms with E-state index in [-0.39, 0.29) is 0 Å². The van der Waals surface area contributed by atoms with Crippen LogP contribution in [0.15, 0.2) is 33.3 Å². The van der Waals surface area contributed by atoms with Crippen LogP contribution >= 0.6 is 15.9 Å². The zero-order valence-corrected chi connectivity index (χ0v) is 10.4. The van der Waals surface area contributed by atoms with Gasteiger partial charge in [0.25, 0.3) is 0 Å². The summed E-state index contributed by atoms with van der Waals surface area (Å²) in [4.78, 5) is 4.09. The lowest BCUT2D eigenvalue weighted by molar-refractivity contribution is 0.314. The monoisotopic (exact) mass is 282 g/mol. The summed E-state index contributed by atoms with van der Waals surface area (Å²) in [5.74, 6) is 2.09. The lowest BCUT2D eigenvalue weighted by Gasteiger charge is -2.03. The minimum absolute atomic E-state index is 0.542. The summed E-state index contributed by atoms with van der Waals surface area (Å²) in [6, 6.07) is 7.69. The molecule has 0 radical (unpaired) electrons. The predicted octanol–water partition coefficient (Wildman–Crippen LogP) is 2.76. The molecule has 4 nitrogen and oxygen atoms in total. The topological polar surface area (TPSA) is 48.2 Å². The van der Waals surface area contributed by atoms with E-state index in [1.165, 1.54) is 0 Å². The van der Waals surface area contributed by atoms with Gasteiger partial charge in [-0.2, -0.15) is 4.98 Å². The summed E-state index contributed by atoms with van der Waals surface area (Å²) in [6.07, 6.45) is 0.646. The van der Waals surface area contributed by atoms with Crippen LogP contribution in [-0.2, 0) is 6.42 Å². The average molecular weight is 283 g/mol. The highest BCUT2D eigenvalue weighted by molar-refractivity contribution is 9.10. The number of nitrogens with zero attached hydrogens (tertiary/aromatic N) is 2. The van der Waals surface area contributed by atoms with Gasteiger partial charge in [0.15, 0.2) is 5.82 Å². The standard InChI is InChI=1S/C11H11BrN2O2/c1-8-13-11(14-16-8)6-7-15-10-4-2-9(12)3-5-10/h2-5H,6-7H2,1H3. The van der Waals surface area contributed by atoms with Crippen LogP contribution in [0.25, 0.3) is 0 Å². The van der Waals surface area contributed by atoms with Crippen LogP contribution in [0.3, 0.4) is 0 Å². The Bertz CT molecular complexity index is 453. The first-order valence-electron chi connectivity index (χ1n) is 4.91. The van der Waals surface area contributed by atoms with E-state index < -0.39 is 0 Å². The third-order valence-electron chi connectivity index (χ3n) is 1.98. The highest BCUT2D eigenvalue weighted by Crippen LogP contribution is 2.16. The van der Waals surface area contributed by atoms with E-state index >= 15 is 0 Å². The molecular weight excluding hydrogens is 272 g/mol. The summed E-state index contributed by atoms with van der Waals surface area (Å²) in [5.41, 5.74) is 0. The molecule has 0 N–H and O–H groups in total. The molecule has 0 aliphatic carbocycles. The first-order chi connectivity index (χ1) is 7.74. The SMILES string of the molecule is Cc1nc(CCOc2ccc(Br)cc2)no1. The largest absolute Gasteiger partial charge is 0.493 e. The van der Waals surface area contributed by atoms with Crippen molar-refractivity contribution in [2.45, 2.75) is 13.3 Å². The molecule has 0 amide bonds. The van der Waals surface area contributed by atoms with Crippen LogP contribution in [0.1, 0.15) is 11.7 Å². The van der Waals surface area contributed by atoms with Crippen molar-refractivity contribution in [2.24, 2.45) is 0 Å². The van der Waals surface area contributed by atoms with Crippen molar-refractivity contribution in [1.82, 2.24) is 10.1 Å². The minimum atomic E-state index is 0.542. The second-order valence-electron chi connectivity index (χ2n) is 3.28. The summed E-state index contributed by atoms with van der Waals surface area (Å²) in [7, 11) is 0. The normalized spacial score (nSPS) is 10.4. The molecule has 0 fully saturated rings. The van der Waals surface area contributed by atoms with Crippen molar-refractivity contribution in [3.8, 4) is 5.75 Å². The Morgan fingerprint density at radius 2 is 2.06 bits per heavy atom. The molecule has 0 atom stereocenters. The van der Waals surface area contributed by atoms with Gasteiger partial charge in [0.2, 0.25) is 5.89 Å². The molecule has 1 aromatic carbocycles. The minimum Gasteiger partial charge on any atom is -0.493 e. The number of hydrogen-bond donors (Lipinski definition) is 0. The Balaban J connectivity index is 1.82. The molecule has 1 heterocycles. The van der Waals surface area contributed by atoms with Gasteiger partial charge < -0.3 is 9.26 Å². The zero-order chi connectivity index (χ0) is 11.4. The van der Waals surface area contributed by atoms with Gasteiger partial charge in [-0.3, -0.25) is 0 Å². The lowest BCUT2D eigenvalue weighted by Crippen LogP contribution is -2.02. The van der Waals surface area contributed by atoms with Crippen LogP contribution < -0.4 is 4.74 Å². The quantitative estimate of drug-likeness (QED) is 0.865. The summed E-state index contributed by atoms with van der Waals surface area (Å²) < 4.78 is 11.4. The molecule has 0 bridgehead atoms. The molecule has 16 heavy (non-hydrogen) atoms. The molecule has 0 aliphatic heterocycles. The van der Waals surface area contributed by atoms with Gasteiger partial charge in [-0.05, 0) is 24.3 Å². The Kier molecular flexibility index (Phi) is 3.56. The van der Waals surface area contributed by atoms with Gasteiger partial charge in [-0.25, -0.2) is 0 Å². The molecule has 0 aliphatic rings. The molecule has 0 saturated carbocycles. The maximum Gasteiger partial charge on any atom is 0.223 e. The van der Waals surface area contributed by atoms with Crippen LogP contribution in [0.5, 0.6) is 5.75 Å². The Labute approximate surface area is 102 Å². The van der Waals surface area contributed by atoms with Crippen molar-refractivity contribution < 1.29 is 9.26 Å². The fraction of sp³-hybridized carbons (Fsp3) is 0.273. The van der Waals surface area contributed by atoms with E-state index in [4.69, 9.17) is 9.26 Å². The van der Waals surface area contributed by atoms with Crippen LogP contribution in [0.4, 0.5) is 0 Å². The van der Waals surface area contributed by atoms with Crippen LogP contribution in [0, 0.1) is 6.92 Å². The second-order valence-corrected chi connectivity index (χ2v) is 4.20. The fourth-order valence-corrected chi connectivity index (χ4v) is 1.50. The second kappa shape index (κ2) is 5.12. The molecule has 2 rings (SSSR count). The van der Waals surface area contributed by atoms with Gasteiger partial charge in [-0.1, -0.05) is 21.1 Å². The molecule has 0 spiro atoms. The summed E-state index contributed by atoms with van der Waals surface area (Å²) >= 11 is 3.37. The number of aromatic nitrogens is 2. The van der Waals surface area contributed by atoms with E-state index in [1.54, 1.807) is 6.92 Å². The van der Waals surface area contributed by atoms with Crippen molar-refractivity contribution in [1.29, 1.82) is 0 Å². The number of hydrogen-bond acceptors (Lipinski definition) is 4. The summed E-state index contributed by atoms with van der Waals surface area (Å²) in [5, 5.41) is 3.79. The number of benzene rings is 1. The fourth-order valence-electron chi connectivity index (χ4n) is 1.23. The third kappa shape index (κ3) is 3.06. The summed E-state index contributed by atoms with van der Waals surface area (Å²) in [6.45, 7) is 2.31. The van der Waals surface area contributed by atoms with E-state index in [0.29, 0.717) is 24.7 Å². The highest BCUT2D eigenvalue weighted by Gasteiger charge is 2.02. The molecule has 0 unspecified atom stereocenters. The van der Waals surface area contributed by atoms with Crippen molar-refractivity contribution in [2.75, 3.05) is 6.61 Å².